The number of hydrogen-bond acceptors (Lipinski definition) is 3. The minimum Gasteiger partial charge on any atom is -0.487 e. The number of fused-ring (bicyclic) bond motifs is 1. The van der Waals surface area contributed by atoms with Gasteiger partial charge in [0, 0.05) is 5.56 Å². The molecule has 4 heteroatoms. The van der Waals surface area contributed by atoms with Crippen molar-refractivity contribution in [3.8, 4) is 11.5 Å². The van der Waals surface area contributed by atoms with Gasteiger partial charge in [-0.05, 0) is 81.4 Å². The van der Waals surface area contributed by atoms with E-state index in [9.17, 15) is 4.79 Å². The third-order valence-corrected chi connectivity index (χ3v) is 7.68. The minimum absolute atomic E-state index is 0.127. The van der Waals surface area contributed by atoms with Gasteiger partial charge in [0.05, 0.1) is 0 Å². The molecule has 1 aliphatic heterocycles. The van der Waals surface area contributed by atoms with Gasteiger partial charge in [-0.2, -0.15) is 0 Å². The number of aryl methyl sites for hydroxylation is 1. The van der Waals surface area contributed by atoms with Crippen LogP contribution in [0.25, 0.3) is 0 Å². The molecular formula is C30H50O4. The van der Waals surface area contributed by atoms with Crippen molar-refractivity contribution in [2.45, 2.75) is 125 Å². The Morgan fingerprint density at radius 1 is 1.03 bits per heavy atom. The van der Waals surface area contributed by atoms with Crippen molar-refractivity contribution in [2.24, 2.45) is 17.8 Å². The van der Waals surface area contributed by atoms with Crippen molar-refractivity contribution in [3.05, 3.63) is 22.8 Å². The standard InChI is InChI=1S/C30H50O4/c1-21(2)11-8-12-22(3)13-9-14-23(4)15-10-17-30(7)18-16-26-25(6)27(33-20-28(31)32)19-24(5)29(26)34-30/h19,21-23H,8-18,20H2,1-7H3,(H,31,32). The molecule has 0 aliphatic carbocycles. The van der Waals surface area contributed by atoms with E-state index in [0.29, 0.717) is 5.75 Å². The zero-order chi connectivity index (χ0) is 25.3. The molecule has 34 heavy (non-hydrogen) atoms. The first-order chi connectivity index (χ1) is 16.0. The number of carboxylic acid groups (broad SMARTS) is 1. The predicted octanol–water partition coefficient (Wildman–Crippen LogP) is 8.29. The monoisotopic (exact) mass is 474 g/mol. The summed E-state index contributed by atoms with van der Waals surface area (Å²) in [5.74, 6) is 3.16. The molecular weight excluding hydrogens is 424 g/mol. The van der Waals surface area contributed by atoms with Gasteiger partial charge < -0.3 is 14.6 Å². The van der Waals surface area contributed by atoms with Crippen LogP contribution in [0.5, 0.6) is 11.5 Å². The van der Waals surface area contributed by atoms with Crippen LogP contribution in [0.3, 0.4) is 0 Å². The van der Waals surface area contributed by atoms with E-state index >= 15 is 0 Å². The number of hydrogen-bond donors (Lipinski definition) is 1. The molecule has 3 unspecified atom stereocenters. The molecule has 4 nitrogen and oxygen atoms in total. The highest BCUT2D eigenvalue weighted by molar-refractivity contribution is 5.68. The molecule has 0 bridgehead atoms. The van der Waals surface area contributed by atoms with Gasteiger partial charge in [0.2, 0.25) is 0 Å². The van der Waals surface area contributed by atoms with Gasteiger partial charge in [-0.1, -0.05) is 72.6 Å². The van der Waals surface area contributed by atoms with E-state index in [1.54, 1.807) is 0 Å². The van der Waals surface area contributed by atoms with Crippen LogP contribution < -0.4 is 9.47 Å². The van der Waals surface area contributed by atoms with Crippen molar-refractivity contribution in [1.29, 1.82) is 0 Å². The molecule has 1 heterocycles. The molecule has 1 aliphatic rings. The summed E-state index contributed by atoms with van der Waals surface area (Å²) in [6.45, 7) is 15.5. The Labute approximate surface area is 208 Å². The lowest BCUT2D eigenvalue weighted by Gasteiger charge is -2.38. The quantitative estimate of drug-likeness (QED) is 0.278. The topological polar surface area (TPSA) is 55.8 Å². The van der Waals surface area contributed by atoms with Gasteiger partial charge >= 0.3 is 5.97 Å². The Morgan fingerprint density at radius 2 is 1.62 bits per heavy atom. The molecule has 1 N–H and O–H groups in total. The van der Waals surface area contributed by atoms with E-state index in [1.807, 2.05) is 19.9 Å². The fourth-order valence-corrected chi connectivity index (χ4v) is 5.33. The van der Waals surface area contributed by atoms with Crippen molar-refractivity contribution in [2.75, 3.05) is 6.61 Å². The molecule has 0 amide bonds. The fourth-order valence-electron chi connectivity index (χ4n) is 5.33. The van der Waals surface area contributed by atoms with Crippen LogP contribution in [0, 0.1) is 31.6 Å². The first-order valence-corrected chi connectivity index (χ1v) is 13.7. The Kier molecular flexibility index (Phi) is 11.2. The van der Waals surface area contributed by atoms with Crippen LogP contribution in [-0.4, -0.2) is 23.3 Å². The van der Waals surface area contributed by atoms with Crippen LogP contribution in [-0.2, 0) is 11.2 Å². The van der Waals surface area contributed by atoms with Gasteiger partial charge in [0.1, 0.15) is 17.1 Å². The van der Waals surface area contributed by atoms with Crippen LogP contribution in [0.2, 0.25) is 0 Å². The Morgan fingerprint density at radius 3 is 2.21 bits per heavy atom. The zero-order valence-corrected chi connectivity index (χ0v) is 23.0. The summed E-state index contributed by atoms with van der Waals surface area (Å²) in [7, 11) is 0. The first-order valence-electron chi connectivity index (χ1n) is 13.7. The fraction of sp³-hybridized carbons (Fsp3) is 0.767. The average Bonchev–Trinajstić information content (AvgIpc) is 2.74. The van der Waals surface area contributed by atoms with Crippen LogP contribution >= 0.6 is 0 Å². The van der Waals surface area contributed by atoms with E-state index in [0.717, 1.165) is 53.9 Å². The number of carbonyl (C=O) groups is 1. The lowest BCUT2D eigenvalue weighted by Crippen LogP contribution is -2.37. The molecule has 3 atom stereocenters. The van der Waals surface area contributed by atoms with E-state index in [1.165, 1.54) is 56.9 Å². The van der Waals surface area contributed by atoms with Crippen molar-refractivity contribution >= 4 is 5.97 Å². The van der Waals surface area contributed by atoms with E-state index in [2.05, 4.69) is 34.6 Å². The molecule has 0 aromatic heterocycles. The van der Waals surface area contributed by atoms with Crippen LogP contribution in [0.4, 0.5) is 0 Å². The third-order valence-electron chi connectivity index (χ3n) is 7.68. The summed E-state index contributed by atoms with van der Waals surface area (Å²) < 4.78 is 12.1. The number of ether oxygens (including phenoxy) is 2. The van der Waals surface area contributed by atoms with Crippen molar-refractivity contribution in [1.82, 2.24) is 0 Å². The average molecular weight is 475 g/mol. The maximum atomic E-state index is 10.9. The van der Waals surface area contributed by atoms with E-state index in [4.69, 9.17) is 14.6 Å². The maximum absolute atomic E-state index is 10.9. The van der Waals surface area contributed by atoms with Gasteiger partial charge in [-0.25, -0.2) is 4.79 Å². The highest BCUT2D eigenvalue weighted by Gasteiger charge is 2.33. The smallest absolute Gasteiger partial charge is 0.341 e. The first kappa shape index (κ1) is 28.5. The highest BCUT2D eigenvalue weighted by Crippen LogP contribution is 2.43. The number of carboxylic acids is 1. The Balaban J connectivity index is 1.77. The summed E-state index contributed by atoms with van der Waals surface area (Å²) in [4.78, 5) is 10.9. The van der Waals surface area contributed by atoms with Gasteiger partial charge in [0.25, 0.3) is 0 Å². The maximum Gasteiger partial charge on any atom is 0.341 e. The summed E-state index contributed by atoms with van der Waals surface area (Å²) in [6.07, 6.45) is 13.7. The van der Waals surface area contributed by atoms with E-state index in [-0.39, 0.29) is 12.2 Å². The molecule has 0 radical (unpaired) electrons. The van der Waals surface area contributed by atoms with Gasteiger partial charge in [0.15, 0.2) is 6.61 Å². The summed E-state index contributed by atoms with van der Waals surface area (Å²) in [5, 5.41) is 8.93. The zero-order valence-electron chi connectivity index (χ0n) is 23.0. The predicted molar refractivity (Wildman–Crippen MR) is 141 cm³/mol. The van der Waals surface area contributed by atoms with Gasteiger partial charge in [-0.15, -0.1) is 0 Å². The van der Waals surface area contributed by atoms with E-state index < -0.39 is 5.97 Å². The molecule has 1 aromatic rings. The second-order valence-electron chi connectivity index (χ2n) is 11.7. The van der Waals surface area contributed by atoms with Gasteiger partial charge in [-0.3, -0.25) is 0 Å². The molecule has 0 fully saturated rings. The number of aliphatic carboxylic acids is 1. The van der Waals surface area contributed by atoms with Crippen molar-refractivity contribution in [3.63, 3.8) is 0 Å². The highest BCUT2D eigenvalue weighted by atomic mass is 16.5. The Hall–Kier alpha value is -1.71. The molecule has 1 aromatic carbocycles. The largest absolute Gasteiger partial charge is 0.487 e. The lowest BCUT2D eigenvalue weighted by atomic mass is 9.84. The van der Waals surface area contributed by atoms with Crippen molar-refractivity contribution < 1.29 is 19.4 Å². The molecule has 2 rings (SSSR count). The second kappa shape index (κ2) is 13.4. The van der Waals surface area contributed by atoms with Crippen LogP contribution in [0.15, 0.2) is 6.07 Å². The molecule has 0 spiro atoms. The number of rotatable bonds is 15. The van der Waals surface area contributed by atoms with Crippen LogP contribution in [0.1, 0.15) is 116 Å². The number of benzene rings is 1. The SMILES string of the molecule is Cc1cc(OCC(=O)O)c(C)c2c1OC(C)(CCCC(C)CCCC(C)CCCC(C)C)CC2. The minimum atomic E-state index is -0.955. The third kappa shape index (κ3) is 9.15. The molecule has 0 saturated heterocycles. The summed E-state index contributed by atoms with van der Waals surface area (Å²) in [6, 6.07) is 1.93. The summed E-state index contributed by atoms with van der Waals surface area (Å²) >= 11 is 0. The molecule has 194 valence electrons. The normalized spacial score (nSPS) is 19.4. The molecule has 0 saturated carbocycles. The second-order valence-corrected chi connectivity index (χ2v) is 11.7. The lowest BCUT2D eigenvalue weighted by molar-refractivity contribution is -0.139. The Bertz CT molecular complexity index is 785. The summed E-state index contributed by atoms with van der Waals surface area (Å²) in [5.41, 5.74) is 3.09.